The molecule has 9 nitrogen and oxygen atoms in total. The van der Waals surface area contributed by atoms with Crippen LogP contribution in [0.4, 0.5) is 11.4 Å². The van der Waals surface area contributed by atoms with Crippen LogP contribution < -0.4 is 16.4 Å². The van der Waals surface area contributed by atoms with E-state index in [2.05, 4.69) is 15.6 Å². The molecular weight excluding hydrogens is 528 g/mol. The summed E-state index contributed by atoms with van der Waals surface area (Å²) in [6.45, 7) is 0.428. The van der Waals surface area contributed by atoms with Gasteiger partial charge in [-0.2, -0.15) is 0 Å². The lowest BCUT2D eigenvalue weighted by atomic mass is 10.1. The number of nitrogens with two attached hydrogens (primary N) is 1. The highest BCUT2D eigenvalue weighted by atomic mass is 32.2. The molecule has 0 aliphatic heterocycles. The molecule has 1 atom stereocenters. The number of carboxylic acids is 1. The maximum absolute atomic E-state index is 13.4. The molecule has 10 heteroatoms. The number of carbonyl (C=O) groups excluding carboxylic acids is 1. The molecule has 0 aliphatic carbocycles. The number of nitrogens with zero attached hydrogens (tertiary/aromatic N) is 1. The van der Waals surface area contributed by atoms with Crippen molar-refractivity contribution in [2.24, 2.45) is 10.7 Å². The number of carbonyl (C=O) groups is 2. The molecule has 204 valence electrons. The topological polar surface area (TPSA) is 151 Å². The Bertz CT molecular complexity index is 1610. The fourth-order valence-electron chi connectivity index (χ4n) is 4.00. The van der Waals surface area contributed by atoms with Crippen molar-refractivity contribution in [2.75, 3.05) is 10.6 Å². The zero-order valence-electron chi connectivity index (χ0n) is 21.4. The Labute approximate surface area is 232 Å². The Morgan fingerprint density at radius 2 is 1.45 bits per heavy atom. The Balaban J connectivity index is 1.44. The van der Waals surface area contributed by atoms with Crippen LogP contribution in [0.25, 0.3) is 0 Å². The van der Waals surface area contributed by atoms with Crippen LogP contribution in [0.3, 0.4) is 0 Å². The summed E-state index contributed by atoms with van der Waals surface area (Å²) in [5, 5.41) is 13.8. The summed E-state index contributed by atoms with van der Waals surface area (Å²) in [7, 11) is -4.08. The van der Waals surface area contributed by atoms with E-state index in [9.17, 15) is 23.1 Å². The van der Waals surface area contributed by atoms with Crippen molar-refractivity contribution in [2.45, 2.75) is 23.1 Å². The number of hydrogen-bond donors (Lipinski definition) is 4. The molecule has 5 N–H and O–H groups in total. The van der Waals surface area contributed by atoms with Gasteiger partial charge in [0.05, 0.1) is 17.9 Å². The maximum Gasteiger partial charge on any atom is 0.305 e. The van der Waals surface area contributed by atoms with Crippen LogP contribution in [0.15, 0.2) is 119 Å². The molecule has 0 aromatic heterocycles. The maximum atomic E-state index is 13.4. The molecule has 1 unspecified atom stereocenters. The first kappa shape index (κ1) is 28.1. The number of aliphatic imine (C=N–C) groups is 1. The second-order valence-corrected chi connectivity index (χ2v) is 11.0. The fraction of sp³-hybridized carbons (Fsp3) is 0.100. The molecule has 0 aliphatic rings. The van der Waals surface area contributed by atoms with Gasteiger partial charge in [0.2, 0.25) is 0 Å². The van der Waals surface area contributed by atoms with Gasteiger partial charge in [-0.1, -0.05) is 66.7 Å². The standard InChI is InChI=1S/C30H28N4O5S/c31-30(32-20-21-8-3-1-4-9-21)34-24-16-14-23(15-17-24)29(37)33-25-12-7-13-26(18-25)40(38,39)27(19-28(35)36)22-10-5-2-6-11-22/h1-18,27H,19-20H2,(H,33,37)(H,35,36)(H3,31,32,34). The summed E-state index contributed by atoms with van der Waals surface area (Å²) in [5.74, 6) is -1.45. The zero-order valence-corrected chi connectivity index (χ0v) is 22.2. The lowest BCUT2D eigenvalue weighted by Gasteiger charge is -2.17. The second-order valence-electron chi connectivity index (χ2n) is 8.91. The van der Waals surface area contributed by atoms with E-state index in [0.29, 0.717) is 23.4 Å². The van der Waals surface area contributed by atoms with Gasteiger partial charge in [0.15, 0.2) is 15.8 Å². The molecule has 0 fully saturated rings. The highest BCUT2D eigenvalue weighted by Crippen LogP contribution is 2.33. The Morgan fingerprint density at radius 3 is 2.10 bits per heavy atom. The van der Waals surface area contributed by atoms with E-state index in [-0.39, 0.29) is 16.5 Å². The first-order valence-electron chi connectivity index (χ1n) is 12.4. The van der Waals surface area contributed by atoms with Gasteiger partial charge in [0, 0.05) is 16.9 Å². The van der Waals surface area contributed by atoms with E-state index in [0.717, 1.165) is 5.56 Å². The molecular formula is C30H28N4O5S. The first-order valence-corrected chi connectivity index (χ1v) is 13.9. The van der Waals surface area contributed by atoms with Crippen molar-refractivity contribution in [3.63, 3.8) is 0 Å². The van der Waals surface area contributed by atoms with Gasteiger partial charge in [-0.05, 0) is 53.6 Å². The predicted octanol–water partition coefficient (Wildman–Crippen LogP) is 4.86. The van der Waals surface area contributed by atoms with Crippen molar-refractivity contribution in [1.82, 2.24) is 0 Å². The van der Waals surface area contributed by atoms with E-state index >= 15 is 0 Å². The monoisotopic (exact) mass is 556 g/mol. The summed E-state index contributed by atoms with van der Waals surface area (Å²) < 4.78 is 26.9. The smallest absolute Gasteiger partial charge is 0.305 e. The number of sulfone groups is 1. The molecule has 4 rings (SSSR count). The quantitative estimate of drug-likeness (QED) is 0.161. The van der Waals surface area contributed by atoms with Crippen molar-refractivity contribution in [3.05, 3.63) is 126 Å². The van der Waals surface area contributed by atoms with Crippen LogP contribution in [-0.4, -0.2) is 31.4 Å². The molecule has 0 saturated heterocycles. The molecule has 4 aromatic rings. The van der Waals surface area contributed by atoms with Crippen LogP contribution in [0.2, 0.25) is 0 Å². The van der Waals surface area contributed by atoms with Crippen LogP contribution in [0.5, 0.6) is 0 Å². The number of guanidine groups is 1. The molecule has 1 amide bonds. The largest absolute Gasteiger partial charge is 0.481 e. The fourth-order valence-corrected chi connectivity index (χ4v) is 5.77. The third-order valence-electron chi connectivity index (χ3n) is 6.02. The average molecular weight is 557 g/mol. The number of aliphatic carboxylic acids is 1. The van der Waals surface area contributed by atoms with E-state index in [1.807, 2.05) is 30.3 Å². The molecule has 0 bridgehead atoms. The number of anilines is 2. The van der Waals surface area contributed by atoms with Crippen molar-refractivity contribution in [3.8, 4) is 0 Å². The Morgan fingerprint density at radius 1 is 0.800 bits per heavy atom. The summed E-state index contributed by atoms with van der Waals surface area (Å²) in [6.07, 6.45) is -0.592. The van der Waals surface area contributed by atoms with Gasteiger partial charge in [-0.3, -0.25) is 9.59 Å². The van der Waals surface area contributed by atoms with E-state index in [1.165, 1.54) is 18.2 Å². The summed E-state index contributed by atoms with van der Waals surface area (Å²) >= 11 is 0. The Hall–Kier alpha value is -4.96. The number of nitrogens with one attached hydrogen (secondary N) is 2. The molecule has 0 spiro atoms. The summed E-state index contributed by atoms with van der Waals surface area (Å²) in [4.78, 5) is 28.5. The van der Waals surface area contributed by atoms with E-state index in [4.69, 9.17) is 5.73 Å². The van der Waals surface area contributed by atoms with E-state index in [1.54, 1.807) is 60.7 Å². The number of benzene rings is 4. The molecule has 4 aromatic carbocycles. The highest BCUT2D eigenvalue weighted by molar-refractivity contribution is 7.91. The normalized spacial score (nSPS) is 12.3. The third-order valence-corrected chi connectivity index (χ3v) is 8.12. The molecule has 0 radical (unpaired) electrons. The van der Waals surface area contributed by atoms with Crippen molar-refractivity contribution < 1.29 is 23.1 Å². The summed E-state index contributed by atoms with van der Waals surface area (Å²) in [5.41, 5.74) is 8.60. The molecule has 0 saturated carbocycles. The Kier molecular flexibility index (Phi) is 8.93. The van der Waals surface area contributed by atoms with Crippen molar-refractivity contribution >= 4 is 39.0 Å². The molecule has 40 heavy (non-hydrogen) atoms. The minimum absolute atomic E-state index is 0.0924. The first-order chi connectivity index (χ1) is 19.2. The van der Waals surface area contributed by atoms with Crippen LogP contribution in [-0.2, 0) is 21.2 Å². The van der Waals surface area contributed by atoms with Gasteiger partial charge < -0.3 is 21.5 Å². The van der Waals surface area contributed by atoms with Crippen LogP contribution in [0.1, 0.15) is 33.2 Å². The average Bonchev–Trinajstić information content (AvgIpc) is 2.96. The van der Waals surface area contributed by atoms with Crippen molar-refractivity contribution in [1.29, 1.82) is 0 Å². The lowest BCUT2D eigenvalue weighted by molar-refractivity contribution is -0.137. The number of hydrogen-bond acceptors (Lipinski definition) is 5. The number of carboxylic acid groups (broad SMARTS) is 1. The summed E-state index contributed by atoms with van der Waals surface area (Å²) in [6, 6.07) is 30.2. The zero-order chi connectivity index (χ0) is 28.5. The second kappa shape index (κ2) is 12.7. The van der Waals surface area contributed by atoms with Gasteiger partial charge >= 0.3 is 5.97 Å². The van der Waals surface area contributed by atoms with Gasteiger partial charge in [-0.25, -0.2) is 13.4 Å². The number of rotatable bonds is 10. The molecule has 0 heterocycles. The lowest BCUT2D eigenvalue weighted by Crippen LogP contribution is -2.22. The number of amides is 1. The van der Waals surface area contributed by atoms with Gasteiger partial charge in [0.1, 0.15) is 5.25 Å². The highest BCUT2D eigenvalue weighted by Gasteiger charge is 2.31. The van der Waals surface area contributed by atoms with E-state index < -0.39 is 33.4 Å². The van der Waals surface area contributed by atoms with Gasteiger partial charge in [0.25, 0.3) is 5.91 Å². The van der Waals surface area contributed by atoms with Gasteiger partial charge in [-0.15, -0.1) is 0 Å². The minimum Gasteiger partial charge on any atom is -0.481 e. The van der Waals surface area contributed by atoms with Crippen LogP contribution in [0, 0.1) is 0 Å². The third kappa shape index (κ3) is 7.33. The van der Waals surface area contributed by atoms with Crippen LogP contribution >= 0.6 is 0 Å². The SMILES string of the molecule is NC(=NCc1ccccc1)Nc1ccc(C(=O)Nc2cccc(S(=O)(=O)C(CC(=O)O)c3ccccc3)c2)cc1. The predicted molar refractivity (Wildman–Crippen MR) is 155 cm³/mol. The minimum atomic E-state index is -4.08.